The SMILES string of the molecule is CCCCCCCCCCCCCCCC(=O)O[C@H](COC(=O)CCCCCCCCCCCCCC)COP(=O)(O)OC[C@@H](O)COP(=O)(O)OC[C@@H](COC(=O)CCCCCCCCC)OC(=O)CCCCCCCCCCC(C)C. The standard InChI is InChI=1S/C64H124O17P2/c1-6-9-12-15-18-20-22-24-26-28-34-39-44-49-63(68)80-60(54-75-62(67)48-43-38-33-27-25-23-21-19-16-13-10-7-2)56-79-83(72,73)77-52-58(65)51-76-82(70,71)78-55-59(53-74-61(66)47-42-37-31-17-14-11-8-3)81-64(69)50-45-40-35-30-29-32-36-41-46-57(4)5/h57-60,65H,6-56H2,1-5H3,(H,70,71)(H,72,73)/t58-,59+,60+/m0/s1. The summed E-state index contributed by atoms with van der Waals surface area (Å²) in [5.74, 6) is -1.42. The lowest BCUT2D eigenvalue weighted by Crippen LogP contribution is -2.30. The van der Waals surface area contributed by atoms with Crippen molar-refractivity contribution in [2.24, 2.45) is 5.92 Å². The number of aliphatic hydroxyl groups is 1. The van der Waals surface area contributed by atoms with Gasteiger partial charge in [0.2, 0.25) is 0 Å². The van der Waals surface area contributed by atoms with Crippen LogP contribution in [0.3, 0.4) is 0 Å². The van der Waals surface area contributed by atoms with Gasteiger partial charge in [0.1, 0.15) is 19.3 Å². The summed E-state index contributed by atoms with van der Waals surface area (Å²) in [5, 5.41) is 10.5. The number of unbranched alkanes of at least 4 members (excludes halogenated alkanes) is 36. The number of aliphatic hydroxyl groups excluding tert-OH is 1. The van der Waals surface area contributed by atoms with Gasteiger partial charge in [-0.05, 0) is 31.6 Å². The number of carbonyl (C=O) groups excluding carboxylic acids is 4. The lowest BCUT2D eigenvalue weighted by Gasteiger charge is -2.21. The van der Waals surface area contributed by atoms with Gasteiger partial charge in [0.25, 0.3) is 0 Å². The Morgan fingerprint density at radius 1 is 0.325 bits per heavy atom. The molecule has 0 rings (SSSR count). The van der Waals surface area contributed by atoms with Crippen LogP contribution in [0, 0.1) is 5.92 Å². The second-order valence-corrected chi connectivity index (χ2v) is 26.5. The van der Waals surface area contributed by atoms with E-state index in [1.54, 1.807) is 0 Å². The molecule has 17 nitrogen and oxygen atoms in total. The van der Waals surface area contributed by atoms with E-state index in [0.717, 1.165) is 109 Å². The molecule has 0 aliphatic rings. The minimum Gasteiger partial charge on any atom is -0.462 e. The first-order valence-electron chi connectivity index (χ1n) is 33.6. The zero-order valence-corrected chi connectivity index (χ0v) is 55.1. The summed E-state index contributed by atoms with van der Waals surface area (Å²) in [6.45, 7) is 7.12. The van der Waals surface area contributed by atoms with Gasteiger partial charge in [0.15, 0.2) is 12.2 Å². The van der Waals surface area contributed by atoms with E-state index in [1.165, 1.54) is 135 Å². The van der Waals surface area contributed by atoms with Crippen molar-refractivity contribution in [3.8, 4) is 0 Å². The highest BCUT2D eigenvalue weighted by Gasteiger charge is 2.30. The molecule has 0 aliphatic carbocycles. The van der Waals surface area contributed by atoms with Gasteiger partial charge < -0.3 is 33.8 Å². The van der Waals surface area contributed by atoms with Crippen LogP contribution in [0.5, 0.6) is 0 Å². The van der Waals surface area contributed by atoms with E-state index in [4.69, 9.17) is 37.0 Å². The van der Waals surface area contributed by atoms with Crippen molar-refractivity contribution >= 4 is 39.5 Å². The number of hydrogen-bond acceptors (Lipinski definition) is 15. The molecule has 0 saturated heterocycles. The fourth-order valence-corrected chi connectivity index (χ4v) is 11.2. The summed E-state index contributed by atoms with van der Waals surface area (Å²) in [5.41, 5.74) is 0. The highest BCUT2D eigenvalue weighted by atomic mass is 31.2. The second-order valence-electron chi connectivity index (χ2n) is 23.6. The number of esters is 4. The Kier molecular flexibility index (Phi) is 56.4. The van der Waals surface area contributed by atoms with Gasteiger partial charge >= 0.3 is 39.5 Å². The summed E-state index contributed by atoms with van der Waals surface area (Å²) in [7, 11) is -9.88. The first-order chi connectivity index (χ1) is 40.0. The molecule has 0 aromatic carbocycles. The molecule has 3 N–H and O–H groups in total. The molecule has 0 spiro atoms. The summed E-state index contributed by atoms with van der Waals surface area (Å²) < 4.78 is 67.9. The van der Waals surface area contributed by atoms with Gasteiger partial charge in [-0.3, -0.25) is 37.3 Å². The average molecular weight is 1230 g/mol. The van der Waals surface area contributed by atoms with Crippen molar-refractivity contribution in [3.05, 3.63) is 0 Å². The zero-order valence-electron chi connectivity index (χ0n) is 53.3. The molecule has 0 radical (unpaired) electrons. The van der Waals surface area contributed by atoms with Crippen LogP contribution in [0.25, 0.3) is 0 Å². The van der Waals surface area contributed by atoms with Gasteiger partial charge in [0, 0.05) is 25.7 Å². The Balaban J connectivity index is 5.22. The second kappa shape index (κ2) is 57.8. The number of phosphoric ester groups is 2. The molecule has 0 aromatic rings. The van der Waals surface area contributed by atoms with Crippen molar-refractivity contribution in [1.29, 1.82) is 0 Å². The maximum Gasteiger partial charge on any atom is 0.472 e. The molecule has 492 valence electrons. The van der Waals surface area contributed by atoms with E-state index >= 15 is 0 Å². The number of ether oxygens (including phenoxy) is 4. The van der Waals surface area contributed by atoms with Crippen LogP contribution in [-0.4, -0.2) is 96.7 Å². The van der Waals surface area contributed by atoms with Crippen LogP contribution < -0.4 is 0 Å². The minimum atomic E-state index is -4.94. The summed E-state index contributed by atoms with van der Waals surface area (Å²) in [4.78, 5) is 72.1. The van der Waals surface area contributed by atoms with Crippen LogP contribution in [0.1, 0.15) is 324 Å². The van der Waals surface area contributed by atoms with E-state index in [2.05, 4.69) is 34.6 Å². The van der Waals surface area contributed by atoms with Crippen LogP contribution >= 0.6 is 15.6 Å². The number of carbonyl (C=O) groups is 4. The molecule has 83 heavy (non-hydrogen) atoms. The number of phosphoric acid groups is 2. The predicted octanol–water partition coefficient (Wildman–Crippen LogP) is 17.8. The molecule has 0 amide bonds. The van der Waals surface area contributed by atoms with Gasteiger partial charge in [0.05, 0.1) is 26.4 Å². The molecule has 0 bridgehead atoms. The monoisotopic (exact) mass is 1230 g/mol. The summed E-state index contributed by atoms with van der Waals surface area (Å²) >= 11 is 0. The lowest BCUT2D eigenvalue weighted by molar-refractivity contribution is -0.161. The Hall–Kier alpha value is -1.94. The third kappa shape index (κ3) is 58.8. The van der Waals surface area contributed by atoms with E-state index in [1.807, 2.05) is 0 Å². The Morgan fingerprint density at radius 3 is 0.819 bits per heavy atom. The highest BCUT2D eigenvalue weighted by molar-refractivity contribution is 7.47. The van der Waals surface area contributed by atoms with Crippen molar-refractivity contribution in [1.82, 2.24) is 0 Å². The predicted molar refractivity (Wildman–Crippen MR) is 331 cm³/mol. The summed E-state index contributed by atoms with van der Waals surface area (Å²) in [6, 6.07) is 0. The molecule has 0 heterocycles. The Bertz CT molecular complexity index is 1620. The molecule has 5 atom stereocenters. The van der Waals surface area contributed by atoms with Gasteiger partial charge in [-0.15, -0.1) is 0 Å². The van der Waals surface area contributed by atoms with E-state index in [9.17, 15) is 43.2 Å². The first-order valence-corrected chi connectivity index (χ1v) is 36.6. The summed E-state index contributed by atoms with van der Waals surface area (Å²) in [6.07, 6.45) is 41.7. The Labute approximate surface area is 505 Å². The highest BCUT2D eigenvalue weighted by Crippen LogP contribution is 2.45. The topological polar surface area (TPSA) is 237 Å². The smallest absolute Gasteiger partial charge is 0.462 e. The van der Waals surface area contributed by atoms with Crippen molar-refractivity contribution in [2.75, 3.05) is 39.6 Å². The normalized spacial score (nSPS) is 14.2. The van der Waals surface area contributed by atoms with Crippen molar-refractivity contribution < 1.29 is 80.2 Å². The lowest BCUT2D eigenvalue weighted by atomic mass is 10.0. The fraction of sp³-hybridized carbons (Fsp3) is 0.938. The largest absolute Gasteiger partial charge is 0.472 e. The molecule has 0 aliphatic heterocycles. The van der Waals surface area contributed by atoms with Crippen molar-refractivity contribution in [2.45, 2.75) is 342 Å². The Morgan fingerprint density at radius 2 is 0.554 bits per heavy atom. The third-order valence-corrected chi connectivity index (χ3v) is 16.7. The third-order valence-electron chi connectivity index (χ3n) is 14.8. The molecular weight excluding hydrogens is 1100 g/mol. The van der Waals surface area contributed by atoms with Gasteiger partial charge in [-0.2, -0.15) is 0 Å². The van der Waals surface area contributed by atoms with E-state index in [-0.39, 0.29) is 25.7 Å². The van der Waals surface area contributed by atoms with Crippen LogP contribution in [-0.2, 0) is 65.4 Å². The van der Waals surface area contributed by atoms with Crippen molar-refractivity contribution in [3.63, 3.8) is 0 Å². The average Bonchev–Trinajstić information content (AvgIpc) is 3.47. The van der Waals surface area contributed by atoms with Gasteiger partial charge in [-0.25, -0.2) is 9.13 Å². The fourth-order valence-electron chi connectivity index (χ4n) is 9.58. The number of rotatable bonds is 64. The number of hydrogen-bond donors (Lipinski definition) is 3. The van der Waals surface area contributed by atoms with Crippen LogP contribution in [0.2, 0.25) is 0 Å². The molecule has 2 unspecified atom stereocenters. The molecular formula is C64H124O17P2. The zero-order chi connectivity index (χ0) is 61.3. The minimum absolute atomic E-state index is 0.104. The van der Waals surface area contributed by atoms with E-state index in [0.29, 0.717) is 25.7 Å². The van der Waals surface area contributed by atoms with Crippen LogP contribution in [0.4, 0.5) is 0 Å². The molecule has 0 saturated carbocycles. The quantitative estimate of drug-likeness (QED) is 0.0222. The van der Waals surface area contributed by atoms with Gasteiger partial charge in [-0.1, -0.05) is 272 Å². The van der Waals surface area contributed by atoms with E-state index < -0.39 is 97.5 Å². The maximum atomic E-state index is 13.0. The first kappa shape index (κ1) is 81.1. The molecule has 0 fully saturated rings. The van der Waals surface area contributed by atoms with Crippen LogP contribution in [0.15, 0.2) is 0 Å². The molecule has 0 aromatic heterocycles. The maximum absolute atomic E-state index is 13.0. The molecule has 19 heteroatoms.